The van der Waals surface area contributed by atoms with Gasteiger partial charge in [0.2, 0.25) is 0 Å². The molecule has 0 fully saturated rings. The molecule has 0 aliphatic rings. The Bertz CT molecular complexity index is 580. The number of aromatic nitrogens is 3. The maximum Gasteiger partial charge on any atom is 0.160 e. The van der Waals surface area contributed by atoms with Crippen LogP contribution in [0.5, 0.6) is 0 Å². The summed E-state index contributed by atoms with van der Waals surface area (Å²) < 4.78 is 27.7. The van der Waals surface area contributed by atoms with E-state index < -0.39 is 11.6 Å². The van der Waals surface area contributed by atoms with Gasteiger partial charge < -0.3 is 5.32 Å². The van der Waals surface area contributed by atoms with Gasteiger partial charge in [-0.1, -0.05) is 12.1 Å². The zero-order valence-corrected chi connectivity index (χ0v) is 11.1. The minimum atomic E-state index is -0.895. The van der Waals surface area contributed by atoms with Gasteiger partial charge in [0, 0.05) is 6.07 Å². The molecule has 1 heterocycles. The number of rotatable bonds is 4. The predicted octanol–water partition coefficient (Wildman–Crippen LogP) is 2.52. The largest absolute Gasteiger partial charge is 0.309 e. The lowest BCUT2D eigenvalue weighted by Crippen LogP contribution is -2.19. The lowest BCUT2D eigenvalue weighted by Gasteiger charge is -2.10. The van der Waals surface area contributed by atoms with Crippen molar-refractivity contribution in [3.8, 4) is 5.69 Å². The summed E-state index contributed by atoms with van der Waals surface area (Å²) in [6.07, 6.45) is 0. The molecule has 6 heteroatoms. The average Bonchev–Trinajstić information content (AvgIpc) is 2.75. The van der Waals surface area contributed by atoms with Crippen molar-refractivity contribution >= 4 is 0 Å². The lowest BCUT2D eigenvalue weighted by atomic mass is 10.2. The van der Waals surface area contributed by atoms with E-state index in [0.29, 0.717) is 5.69 Å². The summed E-state index contributed by atoms with van der Waals surface area (Å²) in [4.78, 5) is 0. The van der Waals surface area contributed by atoms with Crippen LogP contribution in [0.2, 0.25) is 0 Å². The highest BCUT2D eigenvalue weighted by atomic mass is 19.2. The molecule has 1 N–H and O–H groups in total. The van der Waals surface area contributed by atoms with Gasteiger partial charge in [0.15, 0.2) is 11.6 Å². The summed E-state index contributed by atoms with van der Waals surface area (Å²) in [5, 5.41) is 11.3. The third-order valence-corrected chi connectivity index (χ3v) is 3.00. The molecule has 0 spiro atoms. The Morgan fingerprint density at radius 3 is 2.68 bits per heavy atom. The molecule has 1 unspecified atom stereocenters. The Morgan fingerprint density at radius 1 is 1.32 bits per heavy atom. The number of nitrogens with one attached hydrogen (secondary N) is 1. The minimum Gasteiger partial charge on any atom is -0.309 e. The van der Waals surface area contributed by atoms with E-state index in [9.17, 15) is 8.78 Å². The second kappa shape index (κ2) is 5.44. The predicted molar refractivity (Wildman–Crippen MR) is 68.1 cm³/mol. The van der Waals surface area contributed by atoms with Gasteiger partial charge in [-0.15, -0.1) is 5.10 Å². The fourth-order valence-electron chi connectivity index (χ4n) is 2.01. The maximum absolute atomic E-state index is 13.2. The molecule has 1 atom stereocenters. The summed E-state index contributed by atoms with van der Waals surface area (Å²) in [5.74, 6) is -1.77. The quantitative estimate of drug-likeness (QED) is 0.924. The van der Waals surface area contributed by atoms with E-state index in [1.54, 1.807) is 0 Å². The van der Waals surface area contributed by atoms with Crippen molar-refractivity contribution in [2.75, 3.05) is 6.54 Å². The molecule has 0 amide bonds. The first-order valence-corrected chi connectivity index (χ1v) is 6.15. The third-order valence-electron chi connectivity index (χ3n) is 3.00. The van der Waals surface area contributed by atoms with Crippen LogP contribution in [0.3, 0.4) is 0 Å². The van der Waals surface area contributed by atoms with E-state index in [-0.39, 0.29) is 6.04 Å². The second-order valence-electron chi connectivity index (χ2n) is 4.35. The summed E-state index contributed by atoms with van der Waals surface area (Å²) in [6, 6.07) is 3.73. The molecule has 1 aromatic carbocycles. The summed E-state index contributed by atoms with van der Waals surface area (Å²) >= 11 is 0. The number of nitrogens with zero attached hydrogens (tertiary/aromatic N) is 3. The molecule has 102 valence electrons. The molecule has 0 aliphatic carbocycles. The van der Waals surface area contributed by atoms with Gasteiger partial charge >= 0.3 is 0 Å². The van der Waals surface area contributed by atoms with Crippen molar-refractivity contribution in [3.05, 3.63) is 41.2 Å². The fourth-order valence-corrected chi connectivity index (χ4v) is 2.01. The number of benzene rings is 1. The SMILES string of the molecule is CCNC(C)c1nnn(-c2ccc(F)c(F)c2)c1C. The van der Waals surface area contributed by atoms with E-state index in [1.165, 1.54) is 10.7 Å². The maximum atomic E-state index is 13.2. The van der Waals surface area contributed by atoms with Crippen molar-refractivity contribution < 1.29 is 8.78 Å². The van der Waals surface area contributed by atoms with Crippen LogP contribution in [0.25, 0.3) is 5.69 Å². The third kappa shape index (κ3) is 2.63. The van der Waals surface area contributed by atoms with Crippen LogP contribution >= 0.6 is 0 Å². The molecule has 2 aromatic rings. The zero-order valence-electron chi connectivity index (χ0n) is 11.1. The Labute approximate surface area is 110 Å². The molecular weight excluding hydrogens is 250 g/mol. The van der Waals surface area contributed by atoms with Gasteiger partial charge in [-0.3, -0.25) is 0 Å². The van der Waals surface area contributed by atoms with Crippen molar-refractivity contribution in [1.29, 1.82) is 0 Å². The summed E-state index contributed by atoms with van der Waals surface area (Å²) in [7, 11) is 0. The number of hydrogen-bond acceptors (Lipinski definition) is 3. The van der Waals surface area contributed by atoms with Gasteiger partial charge in [-0.2, -0.15) is 0 Å². The molecule has 0 saturated heterocycles. The Kier molecular flexibility index (Phi) is 3.90. The van der Waals surface area contributed by atoms with Crippen molar-refractivity contribution in [2.45, 2.75) is 26.8 Å². The lowest BCUT2D eigenvalue weighted by molar-refractivity contribution is 0.507. The molecular formula is C13H16F2N4. The highest BCUT2D eigenvalue weighted by Crippen LogP contribution is 2.19. The second-order valence-corrected chi connectivity index (χ2v) is 4.35. The van der Waals surface area contributed by atoms with Crippen LogP contribution in [0.15, 0.2) is 18.2 Å². The number of hydrogen-bond donors (Lipinski definition) is 1. The Hall–Kier alpha value is -1.82. The highest BCUT2D eigenvalue weighted by molar-refractivity contribution is 5.34. The smallest absolute Gasteiger partial charge is 0.160 e. The van der Waals surface area contributed by atoms with Crippen molar-refractivity contribution in [2.24, 2.45) is 0 Å². The molecule has 0 saturated carbocycles. The van der Waals surface area contributed by atoms with Gasteiger partial charge in [-0.05, 0) is 32.5 Å². The van der Waals surface area contributed by atoms with E-state index in [1.807, 2.05) is 20.8 Å². The van der Waals surface area contributed by atoms with Crippen LogP contribution < -0.4 is 5.32 Å². The topological polar surface area (TPSA) is 42.7 Å². The van der Waals surface area contributed by atoms with Crippen LogP contribution in [-0.4, -0.2) is 21.5 Å². The summed E-state index contributed by atoms with van der Waals surface area (Å²) in [6.45, 7) is 6.66. The molecule has 0 bridgehead atoms. The average molecular weight is 266 g/mol. The standard InChI is InChI=1S/C13H16F2N4/c1-4-16-8(2)13-9(3)19(18-17-13)10-5-6-11(14)12(15)7-10/h5-8,16H,4H2,1-3H3. The van der Waals surface area contributed by atoms with Gasteiger partial charge in [0.05, 0.1) is 17.4 Å². The van der Waals surface area contributed by atoms with Gasteiger partial charge in [-0.25, -0.2) is 13.5 Å². The molecule has 1 aromatic heterocycles. The Morgan fingerprint density at radius 2 is 2.05 bits per heavy atom. The first-order valence-electron chi connectivity index (χ1n) is 6.15. The van der Waals surface area contributed by atoms with E-state index in [4.69, 9.17) is 0 Å². The molecule has 0 aliphatic heterocycles. The highest BCUT2D eigenvalue weighted by Gasteiger charge is 2.16. The molecule has 0 radical (unpaired) electrons. The molecule has 2 rings (SSSR count). The summed E-state index contributed by atoms with van der Waals surface area (Å²) in [5.41, 5.74) is 2.06. The number of halogens is 2. The molecule has 4 nitrogen and oxygen atoms in total. The van der Waals surface area contributed by atoms with Crippen molar-refractivity contribution in [1.82, 2.24) is 20.3 Å². The monoisotopic (exact) mass is 266 g/mol. The van der Waals surface area contributed by atoms with Crippen LogP contribution in [0.1, 0.15) is 31.3 Å². The normalized spacial score (nSPS) is 12.7. The van der Waals surface area contributed by atoms with Crippen LogP contribution in [0, 0.1) is 18.6 Å². The molecule has 19 heavy (non-hydrogen) atoms. The van der Waals surface area contributed by atoms with Crippen molar-refractivity contribution in [3.63, 3.8) is 0 Å². The van der Waals surface area contributed by atoms with Gasteiger partial charge in [0.1, 0.15) is 5.69 Å². The van der Waals surface area contributed by atoms with E-state index >= 15 is 0 Å². The minimum absolute atomic E-state index is 0.0593. The van der Waals surface area contributed by atoms with Crippen LogP contribution in [-0.2, 0) is 0 Å². The van der Waals surface area contributed by atoms with E-state index in [0.717, 1.165) is 30.1 Å². The van der Waals surface area contributed by atoms with Gasteiger partial charge in [0.25, 0.3) is 0 Å². The zero-order chi connectivity index (χ0) is 14.0. The van der Waals surface area contributed by atoms with Crippen LogP contribution in [0.4, 0.5) is 8.78 Å². The first-order chi connectivity index (χ1) is 9.04. The Balaban J connectivity index is 2.38. The fraction of sp³-hybridized carbons (Fsp3) is 0.385. The van der Waals surface area contributed by atoms with E-state index in [2.05, 4.69) is 15.6 Å². The first kappa shape index (κ1) is 13.6.